The van der Waals surface area contributed by atoms with Gasteiger partial charge in [-0.05, 0) is 54.9 Å². The second kappa shape index (κ2) is 8.96. The molecule has 1 atom stereocenters. The Hall–Kier alpha value is -3.46. The lowest BCUT2D eigenvalue weighted by Gasteiger charge is -2.33. The number of piperidine rings is 1. The van der Waals surface area contributed by atoms with E-state index in [9.17, 15) is 9.59 Å². The minimum absolute atomic E-state index is 0.0710. The van der Waals surface area contributed by atoms with Crippen LogP contribution in [0.5, 0.6) is 0 Å². The third kappa shape index (κ3) is 4.36. The molecule has 9 nitrogen and oxygen atoms in total. The summed E-state index contributed by atoms with van der Waals surface area (Å²) in [6, 6.07) is 7.29. The largest absolute Gasteiger partial charge is 0.449 e. The van der Waals surface area contributed by atoms with Gasteiger partial charge in [0, 0.05) is 56.1 Å². The van der Waals surface area contributed by atoms with Gasteiger partial charge in [-0.15, -0.1) is 0 Å². The monoisotopic (exact) mass is 475 g/mol. The molecule has 5 heterocycles. The first kappa shape index (κ1) is 22.0. The normalized spacial score (nSPS) is 21.3. The Morgan fingerprint density at radius 3 is 2.71 bits per heavy atom. The zero-order valence-corrected chi connectivity index (χ0v) is 19.6. The van der Waals surface area contributed by atoms with Crippen LogP contribution in [0.15, 0.2) is 47.3 Å². The molecular formula is C26H29N5O4. The SMILES string of the molecule is O=C(NCC1CC12CCN(C(=O)c1ccnc(N3CCOCC3)c1)CC2)c1cc2ccncc2o1. The van der Waals surface area contributed by atoms with Crippen molar-refractivity contribution in [3.63, 3.8) is 0 Å². The molecule has 2 amide bonds. The lowest BCUT2D eigenvalue weighted by molar-refractivity contribution is 0.0668. The van der Waals surface area contributed by atoms with Crippen LogP contribution in [0.3, 0.4) is 0 Å². The molecule has 9 heteroatoms. The lowest BCUT2D eigenvalue weighted by atomic mass is 9.90. The Bertz CT molecular complexity index is 1210. The van der Waals surface area contributed by atoms with Gasteiger partial charge in [-0.3, -0.25) is 14.6 Å². The van der Waals surface area contributed by atoms with Gasteiger partial charge in [-0.2, -0.15) is 0 Å². The number of furan rings is 1. The molecule has 1 unspecified atom stereocenters. The first-order valence-corrected chi connectivity index (χ1v) is 12.3. The molecule has 6 rings (SSSR count). The van der Waals surface area contributed by atoms with Crippen molar-refractivity contribution in [1.82, 2.24) is 20.2 Å². The molecule has 0 radical (unpaired) electrons. The number of amides is 2. The minimum Gasteiger partial charge on any atom is -0.449 e. The molecule has 3 fully saturated rings. The van der Waals surface area contributed by atoms with Crippen molar-refractivity contribution >= 4 is 28.6 Å². The highest BCUT2D eigenvalue weighted by atomic mass is 16.5. The Balaban J connectivity index is 1.01. The van der Waals surface area contributed by atoms with E-state index < -0.39 is 0 Å². The summed E-state index contributed by atoms with van der Waals surface area (Å²) in [6.45, 7) is 5.08. The lowest BCUT2D eigenvalue weighted by Crippen LogP contribution is -2.40. The molecule has 3 aromatic heterocycles. The van der Waals surface area contributed by atoms with Crippen LogP contribution >= 0.6 is 0 Å². The van der Waals surface area contributed by atoms with Gasteiger partial charge in [-0.25, -0.2) is 4.98 Å². The molecule has 1 saturated carbocycles. The molecular weight excluding hydrogens is 446 g/mol. The predicted octanol–water partition coefficient (Wildman–Crippen LogP) is 2.73. The average molecular weight is 476 g/mol. The van der Waals surface area contributed by atoms with E-state index in [2.05, 4.69) is 20.2 Å². The molecule has 1 spiro atoms. The second-order valence-corrected chi connectivity index (χ2v) is 9.79. The maximum atomic E-state index is 13.2. The summed E-state index contributed by atoms with van der Waals surface area (Å²) < 4.78 is 11.0. The van der Waals surface area contributed by atoms with E-state index >= 15 is 0 Å². The standard InChI is InChI=1S/C26H29N5O4/c32-24(21-13-18-1-5-27-17-22(18)35-21)29-16-20-15-26(20)3-7-31(8-4-26)25(33)19-2-6-28-23(14-19)30-9-11-34-12-10-30/h1-2,5-6,13-14,17,20H,3-4,7-12,15-16H2,(H,29,32). The van der Waals surface area contributed by atoms with E-state index in [0.717, 1.165) is 56.6 Å². The van der Waals surface area contributed by atoms with Gasteiger partial charge in [0.1, 0.15) is 5.82 Å². The number of fused-ring (bicyclic) bond motifs is 1. The average Bonchev–Trinajstić information content (AvgIpc) is 3.38. The maximum Gasteiger partial charge on any atom is 0.287 e. The van der Waals surface area contributed by atoms with Crippen LogP contribution in [0, 0.1) is 11.3 Å². The Morgan fingerprint density at radius 2 is 1.91 bits per heavy atom. The highest BCUT2D eigenvalue weighted by Crippen LogP contribution is 2.59. The number of nitrogens with zero attached hydrogens (tertiary/aromatic N) is 4. The number of ether oxygens (including phenoxy) is 1. The number of likely N-dealkylation sites (tertiary alicyclic amines) is 1. The number of hydrogen-bond donors (Lipinski definition) is 1. The van der Waals surface area contributed by atoms with Gasteiger partial charge in [0.05, 0.1) is 19.4 Å². The molecule has 35 heavy (non-hydrogen) atoms. The fourth-order valence-electron chi connectivity index (χ4n) is 5.49. The van der Waals surface area contributed by atoms with Crippen molar-refractivity contribution in [2.45, 2.75) is 19.3 Å². The van der Waals surface area contributed by atoms with Gasteiger partial charge in [0.15, 0.2) is 11.3 Å². The van der Waals surface area contributed by atoms with E-state index in [0.29, 0.717) is 42.6 Å². The van der Waals surface area contributed by atoms with Crippen LogP contribution < -0.4 is 10.2 Å². The van der Waals surface area contributed by atoms with Gasteiger partial charge in [0.25, 0.3) is 11.8 Å². The Labute approximate surface area is 203 Å². The number of pyridine rings is 2. The zero-order chi connectivity index (χ0) is 23.8. The summed E-state index contributed by atoms with van der Waals surface area (Å²) in [6.07, 6.45) is 8.06. The topological polar surface area (TPSA) is 101 Å². The number of rotatable bonds is 5. The van der Waals surface area contributed by atoms with Gasteiger partial charge >= 0.3 is 0 Å². The van der Waals surface area contributed by atoms with Crippen LogP contribution in [0.2, 0.25) is 0 Å². The smallest absolute Gasteiger partial charge is 0.287 e. The summed E-state index contributed by atoms with van der Waals surface area (Å²) in [7, 11) is 0. The third-order valence-electron chi connectivity index (χ3n) is 7.79. The van der Waals surface area contributed by atoms with Crippen molar-refractivity contribution in [3.8, 4) is 0 Å². The molecule has 3 aromatic rings. The van der Waals surface area contributed by atoms with E-state index in [1.807, 2.05) is 17.0 Å². The van der Waals surface area contributed by atoms with Crippen molar-refractivity contribution in [1.29, 1.82) is 0 Å². The van der Waals surface area contributed by atoms with Crippen molar-refractivity contribution < 1.29 is 18.7 Å². The Morgan fingerprint density at radius 1 is 1.09 bits per heavy atom. The number of aromatic nitrogens is 2. The molecule has 2 aliphatic heterocycles. The quantitative estimate of drug-likeness (QED) is 0.606. The summed E-state index contributed by atoms with van der Waals surface area (Å²) in [5.74, 6) is 1.48. The van der Waals surface area contributed by atoms with Crippen LogP contribution in [0.4, 0.5) is 5.82 Å². The minimum atomic E-state index is -0.190. The molecule has 0 bridgehead atoms. The van der Waals surface area contributed by atoms with Crippen LogP contribution in [-0.2, 0) is 4.74 Å². The number of anilines is 1. The molecule has 1 aliphatic carbocycles. The maximum absolute atomic E-state index is 13.2. The fraction of sp³-hybridized carbons (Fsp3) is 0.462. The van der Waals surface area contributed by atoms with Crippen LogP contribution in [0.1, 0.15) is 40.2 Å². The van der Waals surface area contributed by atoms with Crippen molar-refractivity contribution in [2.75, 3.05) is 50.8 Å². The van der Waals surface area contributed by atoms with Crippen LogP contribution in [-0.4, -0.2) is 72.6 Å². The van der Waals surface area contributed by atoms with E-state index in [-0.39, 0.29) is 17.2 Å². The number of morpholine rings is 1. The van der Waals surface area contributed by atoms with E-state index in [1.54, 1.807) is 30.7 Å². The Kier molecular flexibility index (Phi) is 5.64. The first-order chi connectivity index (χ1) is 17.1. The zero-order valence-electron chi connectivity index (χ0n) is 19.6. The van der Waals surface area contributed by atoms with Gasteiger partial charge < -0.3 is 24.3 Å². The predicted molar refractivity (Wildman–Crippen MR) is 129 cm³/mol. The molecule has 3 aliphatic rings. The summed E-state index contributed by atoms with van der Waals surface area (Å²) in [5, 5.41) is 3.91. The number of carbonyl (C=O) groups is 2. The molecule has 182 valence electrons. The first-order valence-electron chi connectivity index (χ1n) is 12.3. The molecule has 0 aromatic carbocycles. The fourth-order valence-corrected chi connectivity index (χ4v) is 5.49. The molecule has 2 saturated heterocycles. The number of nitrogens with one attached hydrogen (secondary N) is 1. The number of hydrogen-bond acceptors (Lipinski definition) is 7. The van der Waals surface area contributed by atoms with E-state index in [1.165, 1.54) is 0 Å². The highest BCUT2D eigenvalue weighted by molar-refractivity contribution is 5.96. The summed E-state index contributed by atoms with van der Waals surface area (Å²) in [4.78, 5) is 38.3. The number of carbonyl (C=O) groups excluding carboxylic acids is 2. The summed E-state index contributed by atoms with van der Waals surface area (Å²) >= 11 is 0. The van der Waals surface area contributed by atoms with Crippen LogP contribution in [0.25, 0.3) is 11.0 Å². The van der Waals surface area contributed by atoms with Crippen molar-refractivity contribution in [2.24, 2.45) is 11.3 Å². The third-order valence-corrected chi connectivity index (χ3v) is 7.79. The highest BCUT2D eigenvalue weighted by Gasteiger charge is 2.54. The molecule has 1 N–H and O–H groups in total. The van der Waals surface area contributed by atoms with Crippen molar-refractivity contribution in [3.05, 3.63) is 54.2 Å². The summed E-state index contributed by atoms with van der Waals surface area (Å²) in [5.41, 5.74) is 1.54. The van der Waals surface area contributed by atoms with Gasteiger partial charge in [-0.1, -0.05) is 0 Å². The van der Waals surface area contributed by atoms with E-state index in [4.69, 9.17) is 9.15 Å². The second-order valence-electron chi connectivity index (χ2n) is 9.79. The van der Waals surface area contributed by atoms with Gasteiger partial charge in [0.2, 0.25) is 0 Å².